The van der Waals surface area contributed by atoms with Crippen LogP contribution in [0.4, 0.5) is 10.3 Å². The Labute approximate surface area is 181 Å². The number of halogens is 1. The molecule has 0 bridgehead atoms. The first-order valence-electron chi connectivity index (χ1n) is 9.81. The number of aliphatic hydroxyl groups excluding tert-OH is 1. The van der Waals surface area contributed by atoms with Gasteiger partial charge in [0.2, 0.25) is 21.9 Å². The topological polar surface area (TPSA) is 153 Å². The first-order valence-corrected chi connectivity index (χ1v) is 11.5. The van der Waals surface area contributed by atoms with Crippen LogP contribution in [0.25, 0.3) is 0 Å². The molecule has 0 aliphatic carbocycles. The number of anilines is 1. The number of nitrogens with one attached hydrogen (secondary N) is 1. The van der Waals surface area contributed by atoms with Crippen LogP contribution in [0.1, 0.15) is 50.3 Å². The van der Waals surface area contributed by atoms with Crippen molar-refractivity contribution in [1.82, 2.24) is 19.9 Å². The molecule has 31 heavy (non-hydrogen) atoms. The zero-order chi connectivity index (χ0) is 23.2. The summed E-state index contributed by atoms with van der Waals surface area (Å²) in [5, 5.41) is 17.8. The summed E-state index contributed by atoms with van der Waals surface area (Å²) in [6, 6.07) is 0.870. The second kappa shape index (κ2) is 10.7. The summed E-state index contributed by atoms with van der Waals surface area (Å²) in [6.45, 7) is 5.64. The summed E-state index contributed by atoms with van der Waals surface area (Å²) in [6.07, 6.45) is 2.24. The van der Waals surface area contributed by atoms with E-state index in [9.17, 15) is 17.9 Å². The summed E-state index contributed by atoms with van der Waals surface area (Å²) in [4.78, 5) is 16.7. The van der Waals surface area contributed by atoms with Crippen LogP contribution in [0.15, 0.2) is 12.3 Å². The van der Waals surface area contributed by atoms with Crippen LogP contribution in [-0.4, -0.2) is 53.2 Å². The third-order valence-corrected chi connectivity index (χ3v) is 5.11. The minimum Gasteiger partial charge on any atom is -0.481 e. The van der Waals surface area contributed by atoms with Crippen molar-refractivity contribution in [3.8, 4) is 5.88 Å². The van der Waals surface area contributed by atoms with Gasteiger partial charge in [0, 0.05) is 24.2 Å². The molecule has 2 rings (SSSR count). The number of sulfonamides is 1. The van der Waals surface area contributed by atoms with E-state index in [-0.39, 0.29) is 48.5 Å². The second-order valence-corrected chi connectivity index (χ2v) is 9.42. The molecular weight excluding hydrogens is 427 g/mol. The van der Waals surface area contributed by atoms with Crippen molar-refractivity contribution < 1.29 is 22.7 Å². The van der Waals surface area contributed by atoms with Gasteiger partial charge >= 0.3 is 0 Å². The van der Waals surface area contributed by atoms with Gasteiger partial charge in [0.15, 0.2) is 5.82 Å². The predicted molar refractivity (Wildman–Crippen MR) is 113 cm³/mol. The highest BCUT2D eigenvalue weighted by molar-refractivity contribution is 7.88. The molecule has 0 saturated carbocycles. The van der Waals surface area contributed by atoms with Gasteiger partial charge in [-0.2, -0.15) is 9.97 Å². The molecule has 10 nitrogen and oxygen atoms in total. The average molecular weight is 457 g/mol. The maximum Gasteiger partial charge on any atom is 0.226 e. The van der Waals surface area contributed by atoms with Gasteiger partial charge in [0.05, 0.1) is 19.8 Å². The number of aromatic nitrogens is 4. The lowest BCUT2D eigenvalue weighted by Gasteiger charge is -2.19. The Hall–Kier alpha value is -2.44. The highest BCUT2D eigenvalue weighted by atomic mass is 32.2. The maximum atomic E-state index is 14.4. The Kier molecular flexibility index (Phi) is 8.60. The number of primary sulfonamides is 1. The Morgan fingerprint density at radius 2 is 1.90 bits per heavy atom. The van der Waals surface area contributed by atoms with Crippen molar-refractivity contribution in [2.24, 2.45) is 11.1 Å². The third kappa shape index (κ3) is 7.96. The van der Waals surface area contributed by atoms with E-state index in [0.717, 1.165) is 0 Å². The molecule has 0 aliphatic rings. The first-order chi connectivity index (χ1) is 14.5. The molecule has 0 radical (unpaired) electrons. The molecule has 12 heteroatoms. The zero-order valence-electron chi connectivity index (χ0n) is 18.0. The number of hydrogen-bond acceptors (Lipinski definition) is 9. The molecule has 2 atom stereocenters. The Balaban J connectivity index is 2.33. The van der Waals surface area contributed by atoms with Crippen LogP contribution in [0.3, 0.4) is 0 Å². The van der Waals surface area contributed by atoms with Gasteiger partial charge in [0.1, 0.15) is 17.4 Å². The molecule has 0 spiro atoms. The van der Waals surface area contributed by atoms with E-state index in [1.807, 2.05) is 13.8 Å². The molecular formula is C19H29FN6O4S. The van der Waals surface area contributed by atoms with E-state index in [4.69, 9.17) is 9.88 Å². The van der Waals surface area contributed by atoms with Gasteiger partial charge in [-0.1, -0.05) is 20.8 Å². The van der Waals surface area contributed by atoms with Gasteiger partial charge in [0.25, 0.3) is 0 Å². The molecule has 2 aromatic heterocycles. The number of rotatable bonds is 11. The number of ether oxygens (including phenoxy) is 1. The number of nitrogens with zero attached hydrogens (tertiary/aromatic N) is 4. The number of methoxy groups -OCH3 is 1. The normalized spacial score (nSPS) is 13.8. The van der Waals surface area contributed by atoms with Crippen molar-refractivity contribution in [1.29, 1.82) is 0 Å². The van der Waals surface area contributed by atoms with Crippen molar-refractivity contribution in [2.45, 2.75) is 51.3 Å². The van der Waals surface area contributed by atoms with Crippen LogP contribution < -0.4 is 15.2 Å². The lowest BCUT2D eigenvalue weighted by molar-refractivity contribution is 0.259. The van der Waals surface area contributed by atoms with Gasteiger partial charge in [-0.05, 0) is 18.3 Å². The SMILES string of the molecule is COc1cc(F)c([C@@H](C)Cc2nc(CS(N)(=O)=O)nc(N[C@@H](CO)CC(C)C)n2)cn1. The standard InChI is InChI=1S/C19H29FN6O4S/c1-11(2)5-13(9-27)23-19-25-16(24-17(26-19)10-31(21,28)29)6-12(3)14-8-22-18(30-4)7-15(14)20/h7-8,11-13,27H,5-6,9-10H2,1-4H3,(H2,21,28,29)(H,23,24,25,26)/t12-,13+/m0/s1. The molecule has 2 aromatic rings. The van der Waals surface area contributed by atoms with Gasteiger partial charge in [-0.15, -0.1) is 0 Å². The quantitative estimate of drug-likeness (QED) is 0.455. The lowest BCUT2D eigenvalue weighted by atomic mass is 9.98. The maximum absolute atomic E-state index is 14.4. The molecule has 4 N–H and O–H groups in total. The average Bonchev–Trinajstić information content (AvgIpc) is 2.65. The summed E-state index contributed by atoms with van der Waals surface area (Å²) in [7, 11) is -2.47. The minimum atomic E-state index is -3.87. The van der Waals surface area contributed by atoms with E-state index in [2.05, 4.69) is 25.3 Å². The smallest absolute Gasteiger partial charge is 0.226 e. The van der Waals surface area contributed by atoms with E-state index in [1.54, 1.807) is 6.92 Å². The van der Waals surface area contributed by atoms with Crippen molar-refractivity contribution in [2.75, 3.05) is 19.0 Å². The van der Waals surface area contributed by atoms with Crippen LogP contribution in [0.2, 0.25) is 0 Å². The van der Waals surface area contributed by atoms with Crippen molar-refractivity contribution in [3.05, 3.63) is 35.3 Å². The first kappa shape index (κ1) is 24.8. The zero-order valence-corrected chi connectivity index (χ0v) is 18.9. The predicted octanol–water partition coefficient (Wildman–Crippen LogP) is 1.37. The molecule has 0 fully saturated rings. The van der Waals surface area contributed by atoms with Crippen molar-refractivity contribution >= 4 is 16.0 Å². The van der Waals surface area contributed by atoms with Crippen LogP contribution in [0, 0.1) is 11.7 Å². The molecule has 0 unspecified atom stereocenters. The summed E-state index contributed by atoms with van der Waals surface area (Å²) in [5.74, 6) is -0.580. The Morgan fingerprint density at radius 3 is 2.45 bits per heavy atom. The molecule has 0 amide bonds. The van der Waals surface area contributed by atoms with E-state index in [0.29, 0.717) is 17.9 Å². The summed E-state index contributed by atoms with van der Waals surface area (Å²) < 4.78 is 42.4. The highest BCUT2D eigenvalue weighted by Gasteiger charge is 2.19. The third-order valence-electron chi connectivity index (χ3n) is 4.45. The molecule has 2 heterocycles. The Bertz CT molecular complexity index is 989. The monoisotopic (exact) mass is 456 g/mol. The van der Waals surface area contributed by atoms with E-state index < -0.39 is 21.6 Å². The Morgan fingerprint density at radius 1 is 1.23 bits per heavy atom. The fourth-order valence-electron chi connectivity index (χ4n) is 3.08. The van der Waals surface area contributed by atoms with Gasteiger partial charge in [-0.25, -0.2) is 27.9 Å². The van der Waals surface area contributed by atoms with Gasteiger partial charge in [-0.3, -0.25) is 0 Å². The summed E-state index contributed by atoms with van der Waals surface area (Å²) in [5.41, 5.74) is 0.344. The van der Waals surface area contributed by atoms with E-state index >= 15 is 0 Å². The highest BCUT2D eigenvalue weighted by Crippen LogP contribution is 2.24. The summed E-state index contributed by atoms with van der Waals surface area (Å²) >= 11 is 0. The van der Waals surface area contributed by atoms with Crippen molar-refractivity contribution in [3.63, 3.8) is 0 Å². The number of aliphatic hydroxyl groups is 1. The van der Waals surface area contributed by atoms with Gasteiger partial charge < -0.3 is 15.2 Å². The van der Waals surface area contributed by atoms with Crippen LogP contribution in [0.5, 0.6) is 5.88 Å². The van der Waals surface area contributed by atoms with Crippen LogP contribution in [-0.2, 0) is 22.2 Å². The number of hydrogen-bond donors (Lipinski definition) is 3. The molecule has 0 saturated heterocycles. The largest absolute Gasteiger partial charge is 0.481 e. The fourth-order valence-corrected chi connectivity index (χ4v) is 3.57. The van der Waals surface area contributed by atoms with Crippen LogP contribution >= 0.6 is 0 Å². The number of pyridine rings is 1. The molecule has 0 aromatic carbocycles. The second-order valence-electron chi connectivity index (χ2n) is 7.81. The fraction of sp³-hybridized carbons (Fsp3) is 0.579. The molecule has 172 valence electrons. The lowest BCUT2D eigenvalue weighted by Crippen LogP contribution is -2.28. The van der Waals surface area contributed by atoms with E-state index in [1.165, 1.54) is 19.4 Å². The number of nitrogens with two attached hydrogens (primary N) is 1. The minimum absolute atomic E-state index is 0.0308. The molecule has 0 aliphatic heterocycles.